The van der Waals surface area contributed by atoms with Crippen molar-refractivity contribution in [2.75, 3.05) is 18.8 Å². The molecule has 9 heavy (non-hydrogen) atoms. The predicted octanol–water partition coefficient (Wildman–Crippen LogP) is -0.859. The Labute approximate surface area is 55.0 Å². The fraction of sp³-hybridized carbons (Fsp3) is 1.00. The minimum atomic E-state index is -4.01. The molecule has 0 amide bonds. The molecular weight excluding hydrogens is 142 g/mol. The summed E-state index contributed by atoms with van der Waals surface area (Å²) >= 11 is 0. The molecule has 0 saturated heterocycles. The third-order valence-corrected chi connectivity index (χ3v) is 1.48. The van der Waals surface area contributed by atoms with Crippen LogP contribution in [0.25, 0.3) is 0 Å². The highest BCUT2D eigenvalue weighted by molar-refractivity contribution is 7.85. The summed E-state index contributed by atoms with van der Waals surface area (Å²) in [4.78, 5) is 0. The lowest BCUT2D eigenvalue weighted by Gasteiger charge is -2.05. The third-order valence-electron chi connectivity index (χ3n) is 0.779. The second-order valence-electron chi connectivity index (χ2n) is 1.62. The van der Waals surface area contributed by atoms with Crippen LogP contribution in [0.5, 0.6) is 0 Å². The van der Waals surface area contributed by atoms with Crippen LogP contribution in [-0.4, -0.2) is 31.8 Å². The molecular formula is C4H10NO3S-. The van der Waals surface area contributed by atoms with Gasteiger partial charge in [0.1, 0.15) is 0 Å². The molecule has 4 nitrogen and oxygen atoms in total. The minimum Gasteiger partial charge on any atom is -0.748 e. The van der Waals surface area contributed by atoms with Gasteiger partial charge in [-0.2, -0.15) is 0 Å². The summed E-state index contributed by atoms with van der Waals surface area (Å²) < 4.78 is 29.7. The van der Waals surface area contributed by atoms with E-state index in [0.29, 0.717) is 6.54 Å². The Bertz CT molecular complexity index is 151. The Hall–Kier alpha value is -0.130. The lowest BCUT2D eigenvalue weighted by Crippen LogP contribution is -2.22. The largest absolute Gasteiger partial charge is 0.748 e. The van der Waals surface area contributed by atoms with E-state index < -0.39 is 10.1 Å². The lowest BCUT2D eigenvalue weighted by atomic mass is 10.7. The average Bonchev–Trinajstić information content (AvgIpc) is 1.63. The quantitative estimate of drug-likeness (QED) is 0.420. The van der Waals surface area contributed by atoms with Crippen LogP contribution in [0.1, 0.15) is 6.92 Å². The van der Waals surface area contributed by atoms with Gasteiger partial charge in [0.05, 0.1) is 15.9 Å². The first-order valence-electron chi connectivity index (χ1n) is 2.70. The second-order valence-corrected chi connectivity index (χ2v) is 3.14. The maximum absolute atomic E-state index is 9.91. The van der Waals surface area contributed by atoms with Gasteiger partial charge in [-0.05, 0) is 6.54 Å². The molecule has 0 rings (SSSR count). The summed E-state index contributed by atoms with van der Waals surface area (Å²) in [5.41, 5.74) is 0. The van der Waals surface area contributed by atoms with Crippen LogP contribution < -0.4 is 5.32 Å². The Morgan fingerprint density at radius 1 is 1.56 bits per heavy atom. The highest BCUT2D eigenvalue weighted by Gasteiger charge is 1.91. The summed E-state index contributed by atoms with van der Waals surface area (Å²) in [7, 11) is -4.01. The Kier molecular flexibility index (Phi) is 3.76. The summed E-state index contributed by atoms with van der Waals surface area (Å²) in [5.74, 6) is -0.319. The van der Waals surface area contributed by atoms with Crippen LogP contribution in [0.3, 0.4) is 0 Å². The van der Waals surface area contributed by atoms with E-state index in [9.17, 15) is 13.0 Å². The van der Waals surface area contributed by atoms with Crippen LogP contribution in [0.15, 0.2) is 0 Å². The van der Waals surface area contributed by atoms with E-state index in [1.54, 1.807) is 0 Å². The molecule has 0 aromatic rings. The van der Waals surface area contributed by atoms with E-state index in [2.05, 4.69) is 5.32 Å². The first-order chi connectivity index (χ1) is 4.06. The molecule has 1 N–H and O–H groups in total. The fourth-order valence-electron chi connectivity index (χ4n) is 0.374. The van der Waals surface area contributed by atoms with Gasteiger partial charge in [-0.1, -0.05) is 6.92 Å². The summed E-state index contributed by atoms with van der Waals surface area (Å²) in [5, 5.41) is 2.73. The minimum absolute atomic E-state index is 0.252. The van der Waals surface area contributed by atoms with E-state index in [1.165, 1.54) is 0 Å². The van der Waals surface area contributed by atoms with Gasteiger partial charge in [-0.3, -0.25) is 0 Å². The standard InChI is InChI=1S/C4H11NO3S/c1-2-5-3-4-9(6,7)8/h5H,2-4H2,1H3,(H,6,7,8)/p-1. The summed E-state index contributed by atoms with van der Waals surface area (Å²) in [6.45, 7) is 2.79. The summed E-state index contributed by atoms with van der Waals surface area (Å²) in [6, 6.07) is 0. The van der Waals surface area contributed by atoms with Crippen molar-refractivity contribution in [2.24, 2.45) is 0 Å². The molecule has 0 aromatic carbocycles. The van der Waals surface area contributed by atoms with Gasteiger partial charge >= 0.3 is 0 Å². The van der Waals surface area contributed by atoms with Crippen molar-refractivity contribution in [2.45, 2.75) is 6.92 Å². The Balaban J connectivity index is 3.30. The van der Waals surface area contributed by atoms with Gasteiger partial charge in [0.25, 0.3) is 0 Å². The molecule has 56 valence electrons. The predicted molar refractivity (Wildman–Crippen MR) is 33.1 cm³/mol. The normalized spacial score (nSPS) is 11.8. The van der Waals surface area contributed by atoms with Gasteiger partial charge in [0.15, 0.2) is 0 Å². The van der Waals surface area contributed by atoms with Crippen LogP contribution in [0.4, 0.5) is 0 Å². The van der Waals surface area contributed by atoms with Crippen molar-refractivity contribution in [1.82, 2.24) is 5.32 Å². The molecule has 0 heterocycles. The molecule has 0 fully saturated rings. The fourth-order valence-corrected chi connectivity index (χ4v) is 0.768. The monoisotopic (exact) mass is 152 g/mol. The molecule has 0 atom stereocenters. The van der Waals surface area contributed by atoms with E-state index in [-0.39, 0.29) is 12.3 Å². The van der Waals surface area contributed by atoms with Crippen LogP contribution in [-0.2, 0) is 10.1 Å². The highest BCUT2D eigenvalue weighted by Crippen LogP contribution is 1.76. The molecule has 0 spiro atoms. The van der Waals surface area contributed by atoms with E-state index in [0.717, 1.165) is 0 Å². The number of hydrogen-bond donors (Lipinski definition) is 1. The first-order valence-corrected chi connectivity index (χ1v) is 4.28. The molecule has 0 aromatic heterocycles. The van der Waals surface area contributed by atoms with Crippen molar-refractivity contribution >= 4 is 10.1 Å². The van der Waals surface area contributed by atoms with E-state index in [1.807, 2.05) is 6.92 Å². The van der Waals surface area contributed by atoms with Crippen molar-refractivity contribution in [1.29, 1.82) is 0 Å². The van der Waals surface area contributed by atoms with E-state index in [4.69, 9.17) is 0 Å². The van der Waals surface area contributed by atoms with Crippen molar-refractivity contribution in [3.05, 3.63) is 0 Å². The number of hydrogen-bond acceptors (Lipinski definition) is 4. The zero-order valence-corrected chi connectivity index (χ0v) is 6.07. The molecule has 0 radical (unpaired) electrons. The van der Waals surface area contributed by atoms with Crippen LogP contribution in [0.2, 0.25) is 0 Å². The van der Waals surface area contributed by atoms with E-state index >= 15 is 0 Å². The zero-order valence-electron chi connectivity index (χ0n) is 5.25. The SMILES string of the molecule is CCNCCS(=O)(=O)[O-]. The molecule has 0 unspecified atom stereocenters. The topological polar surface area (TPSA) is 69.2 Å². The van der Waals surface area contributed by atoms with Gasteiger partial charge in [0, 0.05) is 6.54 Å². The first kappa shape index (κ1) is 8.87. The van der Waals surface area contributed by atoms with Gasteiger partial charge in [-0.25, -0.2) is 8.42 Å². The third kappa shape index (κ3) is 7.87. The Morgan fingerprint density at radius 3 is 2.44 bits per heavy atom. The smallest absolute Gasteiger partial charge is 0.0958 e. The van der Waals surface area contributed by atoms with Crippen molar-refractivity contribution < 1.29 is 13.0 Å². The summed E-state index contributed by atoms with van der Waals surface area (Å²) in [6.07, 6.45) is 0. The van der Waals surface area contributed by atoms with Crippen LogP contribution in [0, 0.1) is 0 Å². The molecule has 0 aliphatic rings. The number of nitrogens with one attached hydrogen (secondary N) is 1. The molecule has 0 saturated carbocycles. The molecule has 5 heteroatoms. The van der Waals surface area contributed by atoms with Crippen molar-refractivity contribution in [3.63, 3.8) is 0 Å². The Morgan fingerprint density at radius 2 is 2.11 bits per heavy atom. The second kappa shape index (κ2) is 3.81. The van der Waals surface area contributed by atoms with Crippen LogP contribution >= 0.6 is 0 Å². The number of rotatable bonds is 4. The van der Waals surface area contributed by atoms with Gasteiger partial charge < -0.3 is 9.87 Å². The van der Waals surface area contributed by atoms with Gasteiger partial charge in [-0.15, -0.1) is 0 Å². The molecule has 0 bridgehead atoms. The maximum atomic E-state index is 9.91. The molecule has 0 aliphatic heterocycles. The van der Waals surface area contributed by atoms with Gasteiger partial charge in [0.2, 0.25) is 0 Å². The molecule has 0 aliphatic carbocycles. The average molecular weight is 152 g/mol. The zero-order chi connectivity index (χ0) is 7.33. The highest BCUT2D eigenvalue weighted by atomic mass is 32.2. The lowest BCUT2D eigenvalue weighted by molar-refractivity contribution is 0.461. The van der Waals surface area contributed by atoms with Crippen molar-refractivity contribution in [3.8, 4) is 0 Å². The maximum Gasteiger partial charge on any atom is 0.0958 e.